The molecular weight excluding hydrogens is 338 g/mol. The summed E-state index contributed by atoms with van der Waals surface area (Å²) in [6, 6.07) is 9.84. The van der Waals surface area contributed by atoms with E-state index >= 15 is 0 Å². The van der Waals surface area contributed by atoms with Gasteiger partial charge in [0, 0.05) is 22.0 Å². The van der Waals surface area contributed by atoms with Gasteiger partial charge in [-0.2, -0.15) is 0 Å². The van der Waals surface area contributed by atoms with E-state index in [2.05, 4.69) is 5.32 Å². The summed E-state index contributed by atoms with van der Waals surface area (Å²) in [6.07, 6.45) is 2.70. The van der Waals surface area contributed by atoms with E-state index in [9.17, 15) is 9.59 Å². The van der Waals surface area contributed by atoms with Crippen molar-refractivity contribution < 1.29 is 19.4 Å². The quantitative estimate of drug-likeness (QED) is 0.879. The summed E-state index contributed by atoms with van der Waals surface area (Å²) >= 11 is 1.49. The Morgan fingerprint density at radius 3 is 2.68 bits per heavy atom. The number of carboxylic acid groups (broad SMARTS) is 1. The van der Waals surface area contributed by atoms with Gasteiger partial charge in [-0.3, -0.25) is 9.59 Å². The highest BCUT2D eigenvalue weighted by Crippen LogP contribution is 2.42. The van der Waals surface area contributed by atoms with Gasteiger partial charge >= 0.3 is 5.97 Å². The van der Waals surface area contributed by atoms with Crippen molar-refractivity contribution in [3.8, 4) is 16.2 Å². The average molecular weight is 357 g/mol. The number of para-hydroxylation sites is 1. The van der Waals surface area contributed by atoms with Crippen LogP contribution in [0.25, 0.3) is 10.4 Å². The number of thiophene rings is 1. The first-order valence-electron chi connectivity index (χ1n) is 8.50. The Morgan fingerprint density at radius 2 is 1.92 bits per heavy atom. The molecule has 2 aromatic rings. The molecule has 1 fully saturated rings. The van der Waals surface area contributed by atoms with Crippen molar-refractivity contribution in [2.24, 2.45) is 5.92 Å². The van der Waals surface area contributed by atoms with Crippen LogP contribution in [0.2, 0.25) is 0 Å². The molecule has 5 nitrogen and oxygen atoms in total. The fraction of sp³-hybridized carbons (Fsp3) is 0.368. The van der Waals surface area contributed by atoms with E-state index in [-0.39, 0.29) is 17.9 Å². The van der Waals surface area contributed by atoms with Gasteiger partial charge in [0.05, 0.1) is 10.8 Å². The fourth-order valence-corrected chi connectivity index (χ4v) is 4.65. The molecule has 6 heteroatoms. The second-order valence-electron chi connectivity index (χ2n) is 6.61. The normalized spacial score (nSPS) is 21.6. The molecule has 25 heavy (non-hydrogen) atoms. The molecule has 1 aliphatic carbocycles. The van der Waals surface area contributed by atoms with E-state index in [1.54, 1.807) is 0 Å². The highest BCUT2D eigenvalue weighted by molar-refractivity contribution is 7.17. The van der Waals surface area contributed by atoms with E-state index in [4.69, 9.17) is 9.84 Å². The van der Waals surface area contributed by atoms with Gasteiger partial charge in [0.15, 0.2) is 0 Å². The van der Waals surface area contributed by atoms with Crippen LogP contribution in [0.4, 0.5) is 0 Å². The number of carbonyl (C=O) groups is 2. The summed E-state index contributed by atoms with van der Waals surface area (Å²) in [7, 11) is 0. The number of carboxylic acids is 1. The predicted octanol–water partition coefficient (Wildman–Crippen LogP) is 3.68. The number of aliphatic carboxylic acids is 1. The Kier molecular flexibility index (Phi) is 4.21. The SMILES string of the molecule is O=C(NC1CCC(C(=O)O)CC1)c1cc2c(s1)-c1ccccc1OC2. The number of carbonyl (C=O) groups excluding carboxylic acids is 1. The van der Waals surface area contributed by atoms with Crippen LogP contribution in [0.5, 0.6) is 5.75 Å². The highest BCUT2D eigenvalue weighted by atomic mass is 32.1. The second kappa shape index (κ2) is 6.52. The first kappa shape index (κ1) is 16.1. The van der Waals surface area contributed by atoms with Gasteiger partial charge in [-0.1, -0.05) is 12.1 Å². The van der Waals surface area contributed by atoms with Gasteiger partial charge in [-0.15, -0.1) is 11.3 Å². The molecule has 4 rings (SSSR count). The lowest BCUT2D eigenvalue weighted by Gasteiger charge is -2.26. The molecule has 1 saturated carbocycles. The lowest BCUT2D eigenvalue weighted by atomic mass is 9.86. The van der Waals surface area contributed by atoms with Crippen LogP contribution < -0.4 is 10.1 Å². The van der Waals surface area contributed by atoms with Crippen LogP contribution in [0.15, 0.2) is 30.3 Å². The summed E-state index contributed by atoms with van der Waals surface area (Å²) in [5.74, 6) is -0.211. The van der Waals surface area contributed by atoms with Crippen molar-refractivity contribution in [3.63, 3.8) is 0 Å². The zero-order valence-corrected chi connectivity index (χ0v) is 14.5. The topological polar surface area (TPSA) is 75.6 Å². The van der Waals surface area contributed by atoms with Crippen LogP contribution >= 0.6 is 11.3 Å². The van der Waals surface area contributed by atoms with E-state index in [0.29, 0.717) is 24.3 Å². The minimum absolute atomic E-state index is 0.0609. The number of ether oxygens (including phenoxy) is 1. The van der Waals surface area contributed by atoms with Gasteiger partial charge in [-0.05, 0) is 43.9 Å². The summed E-state index contributed by atoms with van der Waals surface area (Å²) in [5, 5.41) is 12.1. The monoisotopic (exact) mass is 357 g/mol. The number of hydrogen-bond acceptors (Lipinski definition) is 4. The molecule has 2 heterocycles. The maximum Gasteiger partial charge on any atom is 0.306 e. The zero-order chi connectivity index (χ0) is 17.4. The van der Waals surface area contributed by atoms with Crippen molar-refractivity contribution in [3.05, 3.63) is 40.8 Å². The summed E-state index contributed by atoms with van der Waals surface area (Å²) < 4.78 is 5.75. The third-order valence-electron chi connectivity index (χ3n) is 4.96. The van der Waals surface area contributed by atoms with Crippen LogP contribution in [0.3, 0.4) is 0 Å². The number of amides is 1. The zero-order valence-electron chi connectivity index (χ0n) is 13.7. The third kappa shape index (κ3) is 3.14. The minimum Gasteiger partial charge on any atom is -0.488 e. The second-order valence-corrected chi connectivity index (χ2v) is 7.66. The maximum absolute atomic E-state index is 12.6. The molecule has 1 aromatic heterocycles. The fourth-order valence-electron chi connectivity index (χ4n) is 3.55. The van der Waals surface area contributed by atoms with Gasteiger partial charge in [-0.25, -0.2) is 0 Å². The van der Waals surface area contributed by atoms with Crippen LogP contribution in [-0.4, -0.2) is 23.0 Å². The summed E-state index contributed by atoms with van der Waals surface area (Å²) in [6.45, 7) is 0.486. The van der Waals surface area contributed by atoms with Crippen molar-refractivity contribution in [2.45, 2.75) is 38.3 Å². The predicted molar refractivity (Wildman–Crippen MR) is 94.9 cm³/mol. The minimum atomic E-state index is -0.727. The first-order valence-corrected chi connectivity index (χ1v) is 9.32. The van der Waals surface area contributed by atoms with E-state index in [1.807, 2.05) is 30.3 Å². The van der Waals surface area contributed by atoms with Crippen LogP contribution in [0.1, 0.15) is 40.9 Å². The third-order valence-corrected chi connectivity index (χ3v) is 6.17. The number of rotatable bonds is 3. The van der Waals surface area contributed by atoms with Crippen molar-refractivity contribution in [1.29, 1.82) is 0 Å². The largest absolute Gasteiger partial charge is 0.488 e. The lowest BCUT2D eigenvalue weighted by Crippen LogP contribution is -2.38. The molecule has 0 spiro atoms. The van der Waals surface area contributed by atoms with Crippen molar-refractivity contribution >= 4 is 23.2 Å². The molecule has 0 unspecified atom stereocenters. The smallest absolute Gasteiger partial charge is 0.306 e. The van der Waals surface area contributed by atoms with Gasteiger partial charge in [0.25, 0.3) is 5.91 Å². The Bertz CT molecular complexity index is 821. The Hall–Kier alpha value is -2.34. The average Bonchev–Trinajstić information content (AvgIpc) is 3.07. The standard InChI is InChI=1S/C19H19NO4S/c21-18(20-13-7-5-11(6-8-13)19(22)23)16-9-12-10-24-15-4-2-1-3-14(15)17(12)25-16/h1-4,9,11,13H,5-8,10H2,(H,20,21)(H,22,23). The van der Waals surface area contributed by atoms with Crippen molar-refractivity contribution in [1.82, 2.24) is 5.32 Å². The van der Waals surface area contributed by atoms with Crippen LogP contribution in [0, 0.1) is 5.92 Å². The molecule has 0 atom stereocenters. The molecule has 0 bridgehead atoms. The maximum atomic E-state index is 12.6. The van der Waals surface area contributed by atoms with Gasteiger partial charge in [0.2, 0.25) is 0 Å². The van der Waals surface area contributed by atoms with Gasteiger partial charge in [0.1, 0.15) is 12.4 Å². The van der Waals surface area contributed by atoms with E-state index < -0.39 is 5.97 Å². The van der Waals surface area contributed by atoms with Crippen LogP contribution in [-0.2, 0) is 11.4 Å². The molecule has 130 valence electrons. The molecule has 2 N–H and O–H groups in total. The molecular formula is C19H19NO4S. The molecule has 0 radical (unpaired) electrons. The summed E-state index contributed by atoms with van der Waals surface area (Å²) in [4.78, 5) is 25.4. The number of fused-ring (bicyclic) bond motifs is 3. The Balaban J connectivity index is 1.46. The Morgan fingerprint density at radius 1 is 1.16 bits per heavy atom. The van der Waals surface area contributed by atoms with E-state index in [1.165, 1.54) is 11.3 Å². The van der Waals surface area contributed by atoms with E-state index in [0.717, 1.165) is 34.6 Å². The highest BCUT2D eigenvalue weighted by Gasteiger charge is 2.28. The van der Waals surface area contributed by atoms with Crippen molar-refractivity contribution in [2.75, 3.05) is 0 Å². The lowest BCUT2D eigenvalue weighted by molar-refractivity contribution is -0.142. The van der Waals surface area contributed by atoms with Gasteiger partial charge < -0.3 is 15.2 Å². The molecule has 1 amide bonds. The summed E-state index contributed by atoms with van der Waals surface area (Å²) in [5.41, 5.74) is 2.08. The molecule has 1 aliphatic heterocycles. The number of hydrogen-bond donors (Lipinski definition) is 2. The number of benzene rings is 1. The molecule has 1 aromatic carbocycles. The molecule has 0 saturated heterocycles. The Labute approximate surface area is 149 Å². The first-order chi connectivity index (χ1) is 12.1. The molecule has 2 aliphatic rings. The number of nitrogens with one attached hydrogen (secondary N) is 1.